The third-order valence-corrected chi connectivity index (χ3v) is 5.39. The Morgan fingerprint density at radius 2 is 1.54 bits per heavy atom. The minimum Gasteiger partial charge on any atom is -0.493 e. The molecule has 190 valence electrons. The molecule has 0 spiro atoms. The Morgan fingerprint density at radius 1 is 0.865 bits per heavy atom. The number of non-ortho nitro benzene ring substituents is 1. The Kier molecular flexibility index (Phi) is 8.31. The lowest BCUT2D eigenvalue weighted by Gasteiger charge is -2.11. The van der Waals surface area contributed by atoms with Crippen LogP contribution in [-0.4, -0.2) is 35.5 Å². The number of nitro groups is 1. The monoisotopic (exact) mass is 504 g/mol. The molecule has 0 aliphatic rings. The molecule has 11 heteroatoms. The fourth-order valence-electron chi connectivity index (χ4n) is 3.11. The van der Waals surface area contributed by atoms with Gasteiger partial charge in [0.1, 0.15) is 0 Å². The van der Waals surface area contributed by atoms with Crippen LogP contribution in [0.2, 0.25) is 0 Å². The van der Waals surface area contributed by atoms with Crippen LogP contribution in [0.5, 0.6) is 11.5 Å². The van der Waals surface area contributed by atoms with Gasteiger partial charge in [-0.1, -0.05) is 6.07 Å². The van der Waals surface area contributed by atoms with Gasteiger partial charge in [-0.3, -0.25) is 19.7 Å². The summed E-state index contributed by atoms with van der Waals surface area (Å²) in [4.78, 5) is 47.0. The Hall–Kier alpha value is -5.06. The van der Waals surface area contributed by atoms with Gasteiger partial charge < -0.3 is 14.8 Å². The standard InChI is InChI=1S/C26H24N4O7/c1-15-5-9-20(13-16(15)2)27-24(31)25(32)29-28-17(3)19-8-12-22(23(14-19)36-4)37-26(33)18-6-10-21(11-7-18)30(34)35/h5-14H,1-4H3,(H,27,31)(H,29,32)/b28-17+. The van der Waals surface area contributed by atoms with Crippen LogP contribution in [0.25, 0.3) is 0 Å². The molecule has 0 aromatic heterocycles. The van der Waals surface area contributed by atoms with Gasteiger partial charge in [0.25, 0.3) is 5.69 Å². The number of nitro benzene ring substituents is 1. The molecule has 0 saturated carbocycles. The first-order chi connectivity index (χ1) is 17.6. The Morgan fingerprint density at radius 3 is 2.16 bits per heavy atom. The molecule has 0 saturated heterocycles. The van der Waals surface area contributed by atoms with Crippen molar-refractivity contribution in [1.29, 1.82) is 0 Å². The maximum absolute atomic E-state index is 12.4. The summed E-state index contributed by atoms with van der Waals surface area (Å²) in [6.07, 6.45) is 0. The second kappa shape index (κ2) is 11.6. The number of esters is 1. The number of rotatable bonds is 7. The first-order valence-electron chi connectivity index (χ1n) is 11.0. The molecule has 0 aliphatic carbocycles. The molecule has 3 aromatic carbocycles. The van der Waals surface area contributed by atoms with Crippen LogP contribution < -0.4 is 20.2 Å². The molecule has 0 heterocycles. The predicted molar refractivity (Wildman–Crippen MR) is 136 cm³/mol. The number of nitrogens with zero attached hydrogens (tertiary/aromatic N) is 2. The van der Waals surface area contributed by atoms with E-state index >= 15 is 0 Å². The molecule has 3 aromatic rings. The quantitative estimate of drug-likeness (QED) is 0.124. The Balaban J connectivity index is 1.66. The highest BCUT2D eigenvalue weighted by molar-refractivity contribution is 6.39. The number of aryl methyl sites for hydroxylation is 2. The summed E-state index contributed by atoms with van der Waals surface area (Å²) in [6.45, 7) is 5.45. The van der Waals surface area contributed by atoms with Gasteiger partial charge in [-0.25, -0.2) is 10.2 Å². The number of benzene rings is 3. The number of hydrazone groups is 1. The van der Waals surface area contributed by atoms with Gasteiger partial charge >= 0.3 is 17.8 Å². The molecule has 0 fully saturated rings. The van der Waals surface area contributed by atoms with E-state index in [4.69, 9.17) is 9.47 Å². The first kappa shape index (κ1) is 26.5. The zero-order valence-corrected chi connectivity index (χ0v) is 20.5. The van der Waals surface area contributed by atoms with E-state index in [1.807, 2.05) is 19.9 Å². The zero-order valence-electron chi connectivity index (χ0n) is 20.5. The number of methoxy groups -OCH3 is 1. The van der Waals surface area contributed by atoms with Crippen molar-refractivity contribution in [3.8, 4) is 11.5 Å². The van der Waals surface area contributed by atoms with E-state index in [1.165, 1.54) is 37.4 Å². The SMILES string of the molecule is COc1cc(/C(C)=N/NC(=O)C(=O)Nc2ccc(C)c(C)c2)ccc1OC(=O)c1ccc([N+](=O)[O-])cc1. The average molecular weight is 504 g/mol. The highest BCUT2D eigenvalue weighted by atomic mass is 16.6. The van der Waals surface area contributed by atoms with Crippen molar-refractivity contribution in [3.05, 3.63) is 93.0 Å². The molecule has 0 radical (unpaired) electrons. The average Bonchev–Trinajstić information content (AvgIpc) is 2.89. The smallest absolute Gasteiger partial charge is 0.343 e. The molecular formula is C26H24N4O7. The summed E-state index contributed by atoms with van der Waals surface area (Å²) >= 11 is 0. The maximum atomic E-state index is 12.4. The van der Waals surface area contributed by atoms with Crippen molar-refractivity contribution in [2.24, 2.45) is 5.10 Å². The molecule has 2 N–H and O–H groups in total. The van der Waals surface area contributed by atoms with Gasteiger partial charge in [-0.05, 0) is 74.4 Å². The highest BCUT2D eigenvalue weighted by Gasteiger charge is 2.16. The molecular weight excluding hydrogens is 480 g/mol. The van der Waals surface area contributed by atoms with E-state index in [1.54, 1.807) is 31.2 Å². The van der Waals surface area contributed by atoms with Crippen molar-refractivity contribution in [2.45, 2.75) is 20.8 Å². The van der Waals surface area contributed by atoms with Crippen molar-refractivity contribution in [1.82, 2.24) is 5.43 Å². The first-order valence-corrected chi connectivity index (χ1v) is 11.0. The van der Waals surface area contributed by atoms with Gasteiger partial charge in [0.2, 0.25) is 0 Å². The fourth-order valence-corrected chi connectivity index (χ4v) is 3.11. The summed E-state index contributed by atoms with van der Waals surface area (Å²) in [6, 6.07) is 14.9. The topological polar surface area (TPSA) is 149 Å². The van der Waals surface area contributed by atoms with E-state index in [-0.39, 0.29) is 22.7 Å². The minimum atomic E-state index is -0.946. The minimum absolute atomic E-state index is 0.110. The van der Waals surface area contributed by atoms with Crippen molar-refractivity contribution >= 4 is 34.9 Å². The highest BCUT2D eigenvalue weighted by Crippen LogP contribution is 2.29. The molecule has 0 bridgehead atoms. The van der Waals surface area contributed by atoms with Crippen molar-refractivity contribution in [2.75, 3.05) is 12.4 Å². The maximum Gasteiger partial charge on any atom is 0.343 e. The molecule has 3 rings (SSSR count). The molecule has 2 amide bonds. The summed E-state index contributed by atoms with van der Waals surface area (Å²) in [5.41, 5.74) is 5.60. The number of hydrogen-bond donors (Lipinski definition) is 2. The van der Waals surface area contributed by atoms with Crippen LogP contribution in [-0.2, 0) is 9.59 Å². The van der Waals surface area contributed by atoms with Crippen LogP contribution in [0, 0.1) is 24.0 Å². The predicted octanol–water partition coefficient (Wildman–Crippen LogP) is 3.92. The lowest BCUT2D eigenvalue weighted by molar-refractivity contribution is -0.384. The van der Waals surface area contributed by atoms with Crippen LogP contribution >= 0.6 is 0 Å². The third-order valence-electron chi connectivity index (χ3n) is 5.39. The van der Waals surface area contributed by atoms with E-state index in [9.17, 15) is 24.5 Å². The van der Waals surface area contributed by atoms with E-state index in [2.05, 4.69) is 15.8 Å². The van der Waals surface area contributed by atoms with Gasteiger partial charge in [-0.15, -0.1) is 0 Å². The van der Waals surface area contributed by atoms with E-state index in [0.717, 1.165) is 11.1 Å². The zero-order chi connectivity index (χ0) is 27.1. The van der Waals surface area contributed by atoms with Crippen molar-refractivity contribution < 1.29 is 28.8 Å². The van der Waals surface area contributed by atoms with E-state index < -0.39 is 22.7 Å². The Bertz CT molecular complexity index is 1400. The summed E-state index contributed by atoms with van der Waals surface area (Å²) in [7, 11) is 1.38. The van der Waals surface area contributed by atoms with Crippen LogP contribution in [0.3, 0.4) is 0 Å². The summed E-state index contributed by atoms with van der Waals surface area (Å²) in [5, 5.41) is 17.3. The fraction of sp³-hybridized carbons (Fsp3) is 0.154. The van der Waals surface area contributed by atoms with Crippen LogP contribution in [0.1, 0.15) is 34.0 Å². The number of nitrogens with one attached hydrogen (secondary N) is 2. The van der Waals surface area contributed by atoms with Gasteiger partial charge in [-0.2, -0.15) is 5.10 Å². The van der Waals surface area contributed by atoms with Crippen molar-refractivity contribution in [3.63, 3.8) is 0 Å². The normalized spacial score (nSPS) is 10.9. The Labute approximate surface area is 212 Å². The van der Waals surface area contributed by atoms with Gasteiger partial charge in [0.05, 0.1) is 23.3 Å². The largest absolute Gasteiger partial charge is 0.493 e. The van der Waals surface area contributed by atoms with Crippen LogP contribution in [0.15, 0.2) is 65.8 Å². The van der Waals surface area contributed by atoms with Gasteiger partial charge in [0, 0.05) is 23.4 Å². The number of amides is 2. The van der Waals surface area contributed by atoms with Crippen LogP contribution in [0.4, 0.5) is 11.4 Å². The number of hydrogen-bond acceptors (Lipinski definition) is 8. The second-order valence-electron chi connectivity index (χ2n) is 7.95. The number of ether oxygens (including phenoxy) is 2. The number of carbonyl (C=O) groups is 3. The molecule has 0 atom stereocenters. The second-order valence-corrected chi connectivity index (χ2v) is 7.95. The number of anilines is 1. The molecule has 0 unspecified atom stereocenters. The summed E-state index contributed by atoms with van der Waals surface area (Å²) in [5.74, 6) is -2.22. The lowest BCUT2D eigenvalue weighted by atomic mass is 10.1. The lowest BCUT2D eigenvalue weighted by Crippen LogP contribution is -2.33. The molecule has 37 heavy (non-hydrogen) atoms. The van der Waals surface area contributed by atoms with E-state index in [0.29, 0.717) is 17.0 Å². The summed E-state index contributed by atoms with van der Waals surface area (Å²) < 4.78 is 10.7. The van der Waals surface area contributed by atoms with Gasteiger partial charge in [0.15, 0.2) is 11.5 Å². The third kappa shape index (κ3) is 6.75. The number of carbonyl (C=O) groups excluding carboxylic acids is 3. The molecule has 11 nitrogen and oxygen atoms in total. The molecule has 0 aliphatic heterocycles.